The van der Waals surface area contributed by atoms with Crippen molar-refractivity contribution in [3.8, 4) is 11.6 Å². The van der Waals surface area contributed by atoms with E-state index in [2.05, 4.69) is 4.98 Å². The Hall–Kier alpha value is -2.77. The molecule has 6 nitrogen and oxygen atoms in total. The van der Waals surface area contributed by atoms with Crippen LogP contribution in [0.1, 0.15) is 16.7 Å². The number of aromatic nitrogens is 1. The maximum atomic E-state index is 10.7. The van der Waals surface area contributed by atoms with Gasteiger partial charge in [0, 0.05) is 24.8 Å². The molecule has 6 heteroatoms. The van der Waals surface area contributed by atoms with Crippen molar-refractivity contribution < 1.29 is 20.1 Å². The summed E-state index contributed by atoms with van der Waals surface area (Å²) in [6.07, 6.45) is 0.372. The Morgan fingerprint density at radius 3 is 2.23 bits per heavy atom. The Morgan fingerprint density at radius 1 is 0.871 bits per heavy atom. The molecule has 3 N–H and O–H groups in total. The number of hydrogen-bond donors (Lipinski definition) is 3. The molecule has 1 saturated heterocycles. The molecule has 31 heavy (non-hydrogen) atoms. The number of nitrogens with zero attached hydrogens (tertiary/aromatic N) is 2. The molecular formula is C25H28N2O4. The second-order valence-corrected chi connectivity index (χ2v) is 8.08. The van der Waals surface area contributed by atoms with Gasteiger partial charge in [-0.2, -0.15) is 0 Å². The molecule has 162 valence electrons. The number of aliphatic hydroxyl groups is 3. The van der Waals surface area contributed by atoms with E-state index in [4.69, 9.17) is 4.74 Å². The molecule has 1 aliphatic rings. The van der Waals surface area contributed by atoms with Gasteiger partial charge in [0.1, 0.15) is 5.75 Å². The van der Waals surface area contributed by atoms with Crippen molar-refractivity contribution >= 4 is 0 Å². The molecule has 0 aliphatic carbocycles. The summed E-state index contributed by atoms with van der Waals surface area (Å²) in [6.45, 7) is 2.24. The quantitative estimate of drug-likeness (QED) is 0.545. The normalized spacial score (nSPS) is 23.7. The molecule has 1 aromatic heterocycles. The highest BCUT2D eigenvalue weighted by atomic mass is 16.5. The van der Waals surface area contributed by atoms with Crippen molar-refractivity contribution in [1.29, 1.82) is 0 Å². The number of hydrogen-bond acceptors (Lipinski definition) is 6. The molecule has 0 bridgehead atoms. The molecule has 0 unspecified atom stereocenters. The first kappa shape index (κ1) is 21.5. The Labute approximate surface area is 182 Å². The molecule has 4 rings (SSSR count). The van der Waals surface area contributed by atoms with E-state index in [-0.39, 0.29) is 12.6 Å². The summed E-state index contributed by atoms with van der Waals surface area (Å²) in [5, 5.41) is 31.0. The monoisotopic (exact) mass is 420 g/mol. The van der Waals surface area contributed by atoms with E-state index in [0.29, 0.717) is 18.8 Å². The third kappa shape index (κ3) is 4.94. The molecule has 1 fully saturated rings. The van der Waals surface area contributed by atoms with Crippen LogP contribution in [0, 0.1) is 6.92 Å². The molecule has 4 atom stereocenters. The topological polar surface area (TPSA) is 86.1 Å². The predicted molar refractivity (Wildman–Crippen MR) is 118 cm³/mol. The van der Waals surface area contributed by atoms with Crippen LogP contribution in [0.5, 0.6) is 11.6 Å². The van der Waals surface area contributed by atoms with Gasteiger partial charge in [-0.3, -0.25) is 4.90 Å². The number of rotatable bonds is 7. The second-order valence-electron chi connectivity index (χ2n) is 8.08. The van der Waals surface area contributed by atoms with E-state index in [1.54, 1.807) is 12.3 Å². The Bertz CT molecular complexity index is 963. The minimum Gasteiger partial charge on any atom is -0.439 e. The van der Waals surface area contributed by atoms with Crippen LogP contribution < -0.4 is 4.74 Å². The van der Waals surface area contributed by atoms with E-state index in [1.165, 1.54) is 0 Å². The largest absolute Gasteiger partial charge is 0.439 e. The van der Waals surface area contributed by atoms with Gasteiger partial charge in [-0.25, -0.2) is 4.98 Å². The van der Waals surface area contributed by atoms with Gasteiger partial charge in [-0.05, 0) is 36.6 Å². The van der Waals surface area contributed by atoms with Crippen molar-refractivity contribution in [2.45, 2.75) is 44.2 Å². The van der Waals surface area contributed by atoms with Crippen molar-refractivity contribution in [3.05, 3.63) is 89.6 Å². The summed E-state index contributed by atoms with van der Waals surface area (Å²) in [4.78, 5) is 6.37. The lowest BCUT2D eigenvalue weighted by molar-refractivity contribution is 0.0178. The summed E-state index contributed by atoms with van der Waals surface area (Å²) in [6, 6.07) is 20.5. The van der Waals surface area contributed by atoms with Crippen LogP contribution in [-0.2, 0) is 13.0 Å². The standard InChI is InChI=1S/C25H28N2O4/c1-17-7-10-20(11-8-17)31-23-12-9-19(14-26-23)15-27-21(13-18-5-3-2-4-6-18)24(29)25(30)22(27)16-28/h2-12,14,21-22,24-25,28-30H,13,15-16H2,1H3/t21-,22+,24-,25+/m0/s1. The second kappa shape index (κ2) is 9.58. The Morgan fingerprint density at radius 2 is 1.58 bits per heavy atom. The average molecular weight is 421 g/mol. The summed E-state index contributed by atoms with van der Waals surface area (Å²) >= 11 is 0. The van der Waals surface area contributed by atoms with Gasteiger partial charge in [0.2, 0.25) is 5.88 Å². The van der Waals surface area contributed by atoms with E-state index >= 15 is 0 Å². The average Bonchev–Trinajstić information content (AvgIpc) is 3.01. The van der Waals surface area contributed by atoms with Crippen LogP contribution in [-0.4, -0.2) is 56.1 Å². The predicted octanol–water partition coefficient (Wildman–Crippen LogP) is 2.69. The van der Waals surface area contributed by atoms with Gasteiger partial charge in [-0.1, -0.05) is 54.1 Å². The summed E-state index contributed by atoms with van der Waals surface area (Å²) in [5.41, 5.74) is 3.14. The molecule has 0 spiro atoms. The lowest BCUT2D eigenvalue weighted by atomic mass is 10.0. The highest BCUT2D eigenvalue weighted by Gasteiger charge is 2.46. The number of pyridine rings is 1. The van der Waals surface area contributed by atoms with Crippen LogP contribution in [0.2, 0.25) is 0 Å². The van der Waals surface area contributed by atoms with Gasteiger partial charge < -0.3 is 20.1 Å². The van der Waals surface area contributed by atoms with Crippen LogP contribution in [0.3, 0.4) is 0 Å². The summed E-state index contributed by atoms with van der Waals surface area (Å²) in [7, 11) is 0. The lowest BCUT2D eigenvalue weighted by Gasteiger charge is -2.29. The minimum atomic E-state index is -1.00. The molecule has 2 heterocycles. The van der Waals surface area contributed by atoms with E-state index in [9.17, 15) is 15.3 Å². The maximum absolute atomic E-state index is 10.7. The van der Waals surface area contributed by atoms with Gasteiger partial charge in [0.25, 0.3) is 0 Å². The number of benzene rings is 2. The van der Waals surface area contributed by atoms with Crippen molar-refractivity contribution in [1.82, 2.24) is 9.88 Å². The van der Waals surface area contributed by atoms with Crippen LogP contribution in [0.25, 0.3) is 0 Å². The molecule has 0 radical (unpaired) electrons. The van der Waals surface area contributed by atoms with Gasteiger partial charge >= 0.3 is 0 Å². The van der Waals surface area contributed by atoms with Crippen molar-refractivity contribution in [2.75, 3.05) is 6.61 Å². The smallest absolute Gasteiger partial charge is 0.219 e. The molecule has 1 aliphatic heterocycles. The highest BCUT2D eigenvalue weighted by Crippen LogP contribution is 2.30. The first-order valence-electron chi connectivity index (χ1n) is 10.5. The van der Waals surface area contributed by atoms with E-state index < -0.39 is 18.2 Å². The van der Waals surface area contributed by atoms with Gasteiger partial charge in [-0.15, -0.1) is 0 Å². The molecule has 0 amide bonds. The summed E-state index contributed by atoms with van der Waals surface area (Å²) < 4.78 is 5.79. The highest BCUT2D eigenvalue weighted by molar-refractivity contribution is 5.30. The van der Waals surface area contributed by atoms with Crippen LogP contribution >= 0.6 is 0 Å². The molecule has 2 aromatic carbocycles. The number of likely N-dealkylation sites (tertiary alicyclic amines) is 1. The van der Waals surface area contributed by atoms with Gasteiger partial charge in [0.05, 0.1) is 24.9 Å². The van der Waals surface area contributed by atoms with E-state index in [1.807, 2.05) is 72.5 Å². The first-order chi connectivity index (χ1) is 15.0. The van der Waals surface area contributed by atoms with Crippen molar-refractivity contribution in [2.24, 2.45) is 0 Å². The van der Waals surface area contributed by atoms with Crippen molar-refractivity contribution in [3.63, 3.8) is 0 Å². The Balaban J connectivity index is 1.48. The zero-order valence-electron chi connectivity index (χ0n) is 17.5. The zero-order valence-corrected chi connectivity index (χ0v) is 17.5. The third-order valence-corrected chi connectivity index (χ3v) is 5.87. The fourth-order valence-corrected chi connectivity index (χ4v) is 4.14. The minimum absolute atomic E-state index is 0.231. The number of aryl methyl sites for hydroxylation is 1. The number of ether oxygens (including phenoxy) is 1. The van der Waals surface area contributed by atoms with Crippen LogP contribution in [0.4, 0.5) is 0 Å². The fraction of sp³-hybridized carbons (Fsp3) is 0.320. The van der Waals surface area contributed by atoms with Gasteiger partial charge in [0.15, 0.2) is 0 Å². The molecule has 0 saturated carbocycles. The SMILES string of the molecule is Cc1ccc(Oc2ccc(CN3[C@H](CO)[C@@H](O)[C@@H](O)[C@@H]3Cc3ccccc3)cn2)cc1. The zero-order chi connectivity index (χ0) is 21.8. The first-order valence-corrected chi connectivity index (χ1v) is 10.5. The number of aliphatic hydroxyl groups excluding tert-OH is 3. The fourth-order valence-electron chi connectivity index (χ4n) is 4.14. The molecule has 3 aromatic rings. The maximum Gasteiger partial charge on any atom is 0.219 e. The van der Waals surface area contributed by atoms with E-state index in [0.717, 1.165) is 22.4 Å². The molecular weight excluding hydrogens is 392 g/mol. The van der Waals surface area contributed by atoms with Crippen LogP contribution in [0.15, 0.2) is 72.9 Å². The lowest BCUT2D eigenvalue weighted by Crippen LogP contribution is -2.41. The Kier molecular flexibility index (Phi) is 6.63. The third-order valence-electron chi connectivity index (χ3n) is 5.87. The summed E-state index contributed by atoms with van der Waals surface area (Å²) in [5.74, 6) is 1.22.